The largest absolute Gasteiger partial charge is 0.336 e. The Bertz CT molecular complexity index is 424. The predicted molar refractivity (Wildman–Crippen MR) is 91.7 cm³/mol. The van der Waals surface area contributed by atoms with E-state index < -0.39 is 13.2 Å². The van der Waals surface area contributed by atoms with Crippen LogP contribution >= 0.6 is 7.60 Å². The Kier molecular flexibility index (Phi) is 6.85. The van der Waals surface area contributed by atoms with E-state index in [-0.39, 0.29) is 11.9 Å². The standard InChI is InChI=1S/C12H23N.C5H9O4P/c1-3-7-11(8-4-1)13-12-9-5-2-6-10-12;1-5(2)4(6)3-10(7,8)9-5/h11-13H,1-10H2;3H2,1-2H3,(H,7,8). The molecular formula is C17H32NO4P. The van der Waals surface area contributed by atoms with Crippen LogP contribution in [0.25, 0.3) is 0 Å². The molecule has 23 heavy (non-hydrogen) atoms. The van der Waals surface area contributed by atoms with Crippen LogP contribution in [0.15, 0.2) is 0 Å². The minimum Gasteiger partial charge on any atom is -0.324 e. The third-order valence-corrected chi connectivity index (χ3v) is 6.50. The Hall–Kier alpha value is -0.220. The summed E-state index contributed by atoms with van der Waals surface area (Å²) in [5.41, 5.74) is -1.07. The molecule has 1 aliphatic heterocycles. The van der Waals surface area contributed by atoms with Gasteiger partial charge in [-0.1, -0.05) is 38.5 Å². The van der Waals surface area contributed by atoms with Crippen molar-refractivity contribution in [3.8, 4) is 0 Å². The zero-order valence-electron chi connectivity index (χ0n) is 14.6. The van der Waals surface area contributed by atoms with Gasteiger partial charge in [0.1, 0.15) is 11.8 Å². The van der Waals surface area contributed by atoms with Gasteiger partial charge in [-0.05, 0) is 39.5 Å². The zero-order valence-corrected chi connectivity index (χ0v) is 15.4. The zero-order chi connectivity index (χ0) is 16.9. The van der Waals surface area contributed by atoms with Gasteiger partial charge in [0, 0.05) is 12.1 Å². The average Bonchev–Trinajstić information content (AvgIpc) is 2.68. The topological polar surface area (TPSA) is 75.6 Å². The van der Waals surface area contributed by atoms with E-state index in [1.807, 2.05) is 0 Å². The molecule has 3 fully saturated rings. The van der Waals surface area contributed by atoms with Gasteiger partial charge in [0.25, 0.3) is 0 Å². The highest BCUT2D eigenvalue weighted by molar-refractivity contribution is 7.54. The third kappa shape index (κ3) is 6.30. The highest BCUT2D eigenvalue weighted by Gasteiger charge is 2.46. The van der Waals surface area contributed by atoms with Gasteiger partial charge in [0.2, 0.25) is 0 Å². The summed E-state index contributed by atoms with van der Waals surface area (Å²) >= 11 is 0. The highest BCUT2D eigenvalue weighted by Crippen LogP contribution is 2.52. The van der Waals surface area contributed by atoms with Crippen LogP contribution in [0.2, 0.25) is 0 Å². The first kappa shape index (κ1) is 19.1. The van der Waals surface area contributed by atoms with Crippen molar-refractivity contribution in [3.05, 3.63) is 0 Å². The Labute approximate surface area is 140 Å². The van der Waals surface area contributed by atoms with Crippen molar-refractivity contribution >= 4 is 13.4 Å². The number of carbonyl (C=O) groups is 1. The van der Waals surface area contributed by atoms with E-state index in [2.05, 4.69) is 9.84 Å². The summed E-state index contributed by atoms with van der Waals surface area (Å²) in [6.07, 6.45) is 14.2. The van der Waals surface area contributed by atoms with E-state index in [4.69, 9.17) is 4.89 Å². The van der Waals surface area contributed by atoms with Crippen molar-refractivity contribution in [2.24, 2.45) is 0 Å². The van der Waals surface area contributed by atoms with Gasteiger partial charge in [-0.3, -0.25) is 13.9 Å². The van der Waals surface area contributed by atoms with Crippen LogP contribution in [0.1, 0.15) is 78.1 Å². The number of rotatable bonds is 2. The normalized spacial score (nSPS) is 32.4. The molecule has 1 heterocycles. The van der Waals surface area contributed by atoms with E-state index in [1.54, 1.807) is 0 Å². The van der Waals surface area contributed by atoms with Gasteiger partial charge in [0.05, 0.1) is 0 Å². The fourth-order valence-electron chi connectivity index (χ4n) is 3.68. The summed E-state index contributed by atoms with van der Waals surface area (Å²) in [6.45, 7) is 2.98. The molecule has 0 radical (unpaired) electrons. The van der Waals surface area contributed by atoms with Gasteiger partial charge >= 0.3 is 7.60 Å². The van der Waals surface area contributed by atoms with Gasteiger partial charge in [-0.2, -0.15) is 0 Å². The van der Waals surface area contributed by atoms with E-state index in [0.29, 0.717) is 0 Å². The van der Waals surface area contributed by atoms with Crippen LogP contribution in [-0.2, 0) is 13.9 Å². The average molecular weight is 345 g/mol. The van der Waals surface area contributed by atoms with Crippen molar-refractivity contribution in [1.29, 1.82) is 0 Å². The van der Waals surface area contributed by atoms with Gasteiger partial charge < -0.3 is 10.2 Å². The van der Waals surface area contributed by atoms with Crippen LogP contribution in [0, 0.1) is 0 Å². The van der Waals surface area contributed by atoms with Gasteiger partial charge in [0.15, 0.2) is 5.78 Å². The first-order chi connectivity index (χ1) is 10.8. The van der Waals surface area contributed by atoms with Crippen molar-refractivity contribution in [3.63, 3.8) is 0 Å². The van der Waals surface area contributed by atoms with Gasteiger partial charge in [-0.15, -0.1) is 0 Å². The van der Waals surface area contributed by atoms with E-state index in [1.165, 1.54) is 78.1 Å². The molecule has 1 atom stereocenters. The molecule has 2 aliphatic carbocycles. The molecule has 0 aromatic heterocycles. The molecule has 1 saturated heterocycles. The Morgan fingerprint density at radius 2 is 1.43 bits per heavy atom. The molecule has 5 nitrogen and oxygen atoms in total. The highest BCUT2D eigenvalue weighted by atomic mass is 31.2. The lowest BCUT2D eigenvalue weighted by atomic mass is 9.91. The predicted octanol–water partition coefficient (Wildman–Crippen LogP) is 3.79. The quantitative estimate of drug-likeness (QED) is 0.745. The molecule has 3 aliphatic rings. The van der Waals surface area contributed by atoms with Crippen LogP contribution in [0.4, 0.5) is 0 Å². The molecular weight excluding hydrogens is 313 g/mol. The van der Waals surface area contributed by atoms with Crippen LogP contribution in [0.3, 0.4) is 0 Å². The second kappa shape index (κ2) is 8.24. The van der Waals surface area contributed by atoms with E-state index >= 15 is 0 Å². The summed E-state index contributed by atoms with van der Waals surface area (Å²) in [4.78, 5) is 19.7. The fourth-order valence-corrected chi connectivity index (χ4v) is 5.31. The molecule has 0 spiro atoms. The van der Waals surface area contributed by atoms with E-state index in [0.717, 1.165) is 12.1 Å². The minimum absolute atomic E-state index is 0.307. The lowest BCUT2D eigenvalue weighted by Gasteiger charge is -2.30. The number of hydrogen-bond acceptors (Lipinski definition) is 4. The molecule has 0 aromatic carbocycles. The lowest BCUT2D eigenvalue weighted by Crippen LogP contribution is -2.40. The SMILES string of the molecule is C1CCC(NC2CCCCC2)CC1.CC1(C)OP(=O)(O)CC1=O. The summed E-state index contributed by atoms with van der Waals surface area (Å²) in [5, 5.41) is 3.86. The first-order valence-corrected chi connectivity index (χ1v) is 10.9. The lowest BCUT2D eigenvalue weighted by molar-refractivity contribution is -0.126. The summed E-state index contributed by atoms with van der Waals surface area (Å²) in [6, 6.07) is 1.74. The maximum Gasteiger partial charge on any atom is 0.336 e. The second-order valence-corrected chi connectivity index (χ2v) is 9.43. The molecule has 3 rings (SSSR count). The third-order valence-electron chi connectivity index (χ3n) is 5.07. The van der Waals surface area contributed by atoms with Crippen LogP contribution < -0.4 is 5.32 Å². The first-order valence-electron chi connectivity index (χ1n) is 9.10. The number of nitrogens with one attached hydrogen (secondary N) is 1. The molecule has 2 N–H and O–H groups in total. The smallest absolute Gasteiger partial charge is 0.324 e. The molecule has 6 heteroatoms. The Morgan fingerprint density at radius 1 is 1.00 bits per heavy atom. The van der Waals surface area contributed by atoms with Crippen molar-refractivity contribution in [2.75, 3.05) is 6.16 Å². The molecule has 0 amide bonds. The summed E-state index contributed by atoms with van der Waals surface area (Å²) < 4.78 is 15.4. The minimum atomic E-state index is -3.57. The number of Topliss-reactive ketones (excluding diaryl/α,β-unsaturated/α-hetero) is 1. The number of hydrogen-bond donors (Lipinski definition) is 2. The van der Waals surface area contributed by atoms with Crippen LogP contribution in [-0.4, -0.2) is 34.5 Å². The van der Waals surface area contributed by atoms with Crippen molar-refractivity contribution in [2.45, 2.75) is 95.7 Å². The Balaban J connectivity index is 0.000000174. The number of carbonyl (C=O) groups excluding carboxylic acids is 1. The maximum absolute atomic E-state index is 10.9. The van der Waals surface area contributed by atoms with Crippen molar-refractivity contribution < 1.29 is 18.8 Å². The van der Waals surface area contributed by atoms with Crippen molar-refractivity contribution in [1.82, 2.24) is 5.32 Å². The summed E-state index contributed by atoms with van der Waals surface area (Å²) in [5.74, 6) is -0.307. The number of ketones is 1. The summed E-state index contributed by atoms with van der Waals surface area (Å²) in [7, 11) is -3.57. The Morgan fingerprint density at radius 3 is 1.70 bits per heavy atom. The van der Waals surface area contributed by atoms with E-state index in [9.17, 15) is 9.36 Å². The monoisotopic (exact) mass is 345 g/mol. The second-order valence-electron chi connectivity index (χ2n) is 7.66. The fraction of sp³-hybridized carbons (Fsp3) is 0.941. The molecule has 134 valence electrons. The molecule has 1 unspecified atom stereocenters. The molecule has 2 saturated carbocycles. The molecule has 0 bridgehead atoms. The van der Waals surface area contributed by atoms with Crippen LogP contribution in [0.5, 0.6) is 0 Å². The maximum atomic E-state index is 10.9. The molecule has 0 aromatic rings. The van der Waals surface area contributed by atoms with Gasteiger partial charge in [-0.25, -0.2) is 0 Å².